The van der Waals surface area contributed by atoms with Gasteiger partial charge in [-0.3, -0.25) is 14.5 Å². The van der Waals surface area contributed by atoms with Crippen LogP contribution in [0.2, 0.25) is 0 Å². The van der Waals surface area contributed by atoms with Crippen molar-refractivity contribution in [1.82, 2.24) is 14.7 Å². The second-order valence-electron chi connectivity index (χ2n) is 6.18. The average Bonchev–Trinajstić information content (AvgIpc) is 3.07. The highest BCUT2D eigenvalue weighted by Gasteiger charge is 2.27. The van der Waals surface area contributed by atoms with E-state index in [9.17, 15) is 9.59 Å². The van der Waals surface area contributed by atoms with Crippen molar-refractivity contribution in [3.05, 3.63) is 59.0 Å². The molecule has 0 spiro atoms. The predicted octanol–water partition coefficient (Wildman–Crippen LogP) is 2.18. The van der Waals surface area contributed by atoms with Crippen LogP contribution in [0.25, 0.3) is 5.65 Å². The number of halogens is 1. The molecule has 0 unspecified atom stereocenters. The van der Waals surface area contributed by atoms with Crippen LogP contribution in [0.1, 0.15) is 5.69 Å². The maximum atomic E-state index is 12.3. The normalized spacial score (nSPS) is 13.4. The Bertz CT molecular complexity index is 984. The van der Waals surface area contributed by atoms with Gasteiger partial charge in [-0.2, -0.15) is 0 Å². The molecule has 8 heteroatoms. The first-order chi connectivity index (χ1) is 13.1. The van der Waals surface area contributed by atoms with Gasteiger partial charge in [0.1, 0.15) is 17.9 Å². The van der Waals surface area contributed by atoms with Gasteiger partial charge in [-0.1, -0.05) is 22.0 Å². The van der Waals surface area contributed by atoms with Crippen LogP contribution in [0.15, 0.2) is 53.3 Å². The van der Waals surface area contributed by atoms with Crippen molar-refractivity contribution in [2.45, 2.75) is 6.42 Å². The SMILES string of the molecule is O=C(CN1C(=O)COc2cc(Br)ccc21)NCCc1cn2ccccc2n1. The molecule has 2 aromatic heterocycles. The Morgan fingerprint density at radius 2 is 2.19 bits per heavy atom. The van der Waals surface area contributed by atoms with Crippen molar-refractivity contribution >= 4 is 39.1 Å². The number of benzene rings is 1. The summed E-state index contributed by atoms with van der Waals surface area (Å²) in [5.74, 6) is 0.129. The second kappa shape index (κ2) is 7.40. The fraction of sp³-hybridized carbons (Fsp3) is 0.211. The summed E-state index contributed by atoms with van der Waals surface area (Å²) in [6, 6.07) is 11.2. The number of pyridine rings is 1. The first kappa shape index (κ1) is 17.5. The van der Waals surface area contributed by atoms with Gasteiger partial charge < -0.3 is 14.5 Å². The fourth-order valence-corrected chi connectivity index (χ4v) is 3.33. The third-order valence-corrected chi connectivity index (χ3v) is 4.78. The molecule has 3 aromatic rings. The first-order valence-electron chi connectivity index (χ1n) is 8.52. The molecule has 0 atom stereocenters. The van der Waals surface area contributed by atoms with Crippen molar-refractivity contribution in [3.8, 4) is 5.75 Å². The third kappa shape index (κ3) is 3.80. The van der Waals surface area contributed by atoms with E-state index < -0.39 is 0 Å². The summed E-state index contributed by atoms with van der Waals surface area (Å²) < 4.78 is 8.23. The second-order valence-corrected chi connectivity index (χ2v) is 7.09. The number of amides is 2. The molecule has 0 bridgehead atoms. The Morgan fingerprint density at radius 3 is 3.04 bits per heavy atom. The van der Waals surface area contributed by atoms with Gasteiger partial charge in [0.2, 0.25) is 5.91 Å². The number of aromatic nitrogens is 2. The lowest BCUT2D eigenvalue weighted by Crippen LogP contribution is -2.45. The topological polar surface area (TPSA) is 75.9 Å². The molecule has 138 valence electrons. The zero-order valence-electron chi connectivity index (χ0n) is 14.4. The molecular formula is C19H17BrN4O3. The number of nitrogens with one attached hydrogen (secondary N) is 1. The zero-order valence-corrected chi connectivity index (χ0v) is 16.0. The number of carbonyl (C=O) groups is 2. The van der Waals surface area contributed by atoms with E-state index >= 15 is 0 Å². The molecule has 3 heterocycles. The predicted molar refractivity (Wildman–Crippen MR) is 104 cm³/mol. The largest absolute Gasteiger partial charge is 0.482 e. The van der Waals surface area contributed by atoms with Crippen LogP contribution >= 0.6 is 15.9 Å². The van der Waals surface area contributed by atoms with Gasteiger partial charge in [-0.15, -0.1) is 0 Å². The third-order valence-electron chi connectivity index (χ3n) is 4.28. The molecule has 0 aliphatic carbocycles. The summed E-state index contributed by atoms with van der Waals surface area (Å²) in [5.41, 5.74) is 2.38. The van der Waals surface area contributed by atoms with Crippen molar-refractivity contribution < 1.29 is 14.3 Å². The van der Waals surface area contributed by atoms with Crippen molar-refractivity contribution in [3.63, 3.8) is 0 Å². The van der Waals surface area contributed by atoms with E-state index in [0.29, 0.717) is 24.4 Å². The van der Waals surface area contributed by atoms with E-state index in [1.165, 1.54) is 4.90 Å². The molecule has 1 N–H and O–H groups in total. The van der Waals surface area contributed by atoms with E-state index in [2.05, 4.69) is 26.2 Å². The van der Waals surface area contributed by atoms with Gasteiger partial charge in [-0.05, 0) is 30.3 Å². The molecule has 1 aromatic carbocycles. The van der Waals surface area contributed by atoms with Crippen molar-refractivity contribution in [2.24, 2.45) is 0 Å². The van der Waals surface area contributed by atoms with E-state index in [0.717, 1.165) is 15.8 Å². The minimum Gasteiger partial charge on any atom is -0.482 e. The summed E-state index contributed by atoms with van der Waals surface area (Å²) in [4.78, 5) is 30.4. The molecule has 0 saturated carbocycles. The summed E-state index contributed by atoms with van der Waals surface area (Å²) >= 11 is 3.37. The van der Waals surface area contributed by atoms with Crippen LogP contribution in [0, 0.1) is 0 Å². The molecule has 0 saturated heterocycles. The van der Waals surface area contributed by atoms with Crippen LogP contribution in [-0.4, -0.2) is 40.9 Å². The van der Waals surface area contributed by atoms with E-state index in [1.54, 1.807) is 12.1 Å². The Morgan fingerprint density at radius 1 is 1.30 bits per heavy atom. The van der Waals surface area contributed by atoms with Gasteiger partial charge in [-0.25, -0.2) is 4.98 Å². The summed E-state index contributed by atoms with van der Waals surface area (Å²) in [6.07, 6.45) is 4.50. The van der Waals surface area contributed by atoms with Crippen LogP contribution in [0.4, 0.5) is 5.69 Å². The number of rotatable bonds is 5. The summed E-state index contributed by atoms with van der Waals surface area (Å²) in [7, 11) is 0. The van der Waals surface area contributed by atoms with Gasteiger partial charge in [0, 0.05) is 29.8 Å². The van der Waals surface area contributed by atoms with E-state index in [-0.39, 0.29) is 25.0 Å². The Kier molecular flexibility index (Phi) is 4.81. The monoisotopic (exact) mass is 428 g/mol. The van der Waals surface area contributed by atoms with Crippen LogP contribution in [0.5, 0.6) is 5.75 Å². The zero-order chi connectivity index (χ0) is 18.8. The first-order valence-corrected chi connectivity index (χ1v) is 9.31. The molecule has 7 nitrogen and oxygen atoms in total. The Balaban J connectivity index is 1.36. The molecule has 1 aliphatic rings. The van der Waals surface area contributed by atoms with Crippen LogP contribution < -0.4 is 15.0 Å². The average molecular weight is 429 g/mol. The van der Waals surface area contributed by atoms with Crippen molar-refractivity contribution in [2.75, 3.05) is 24.6 Å². The number of imidazole rings is 1. The lowest BCUT2D eigenvalue weighted by molar-refractivity contribution is -0.125. The number of fused-ring (bicyclic) bond motifs is 2. The molecule has 0 fully saturated rings. The number of carbonyl (C=O) groups excluding carboxylic acids is 2. The van der Waals surface area contributed by atoms with Gasteiger partial charge in [0.05, 0.1) is 11.4 Å². The number of ether oxygens (including phenoxy) is 1. The standard InChI is InChI=1S/C19H17BrN4O3/c20-13-4-5-15-16(9-13)27-12-19(26)24(15)11-18(25)21-7-6-14-10-23-8-2-1-3-17(23)22-14/h1-5,8-10H,6-7,11-12H2,(H,21,25). The number of nitrogens with zero attached hydrogens (tertiary/aromatic N) is 3. The van der Waals surface area contributed by atoms with Gasteiger partial charge >= 0.3 is 0 Å². The van der Waals surface area contributed by atoms with E-state index in [4.69, 9.17) is 4.74 Å². The van der Waals surface area contributed by atoms with Crippen LogP contribution in [-0.2, 0) is 16.0 Å². The number of hydrogen-bond donors (Lipinski definition) is 1. The number of hydrogen-bond acceptors (Lipinski definition) is 4. The minimum absolute atomic E-state index is 0.0397. The van der Waals surface area contributed by atoms with Gasteiger partial charge in [0.15, 0.2) is 6.61 Å². The summed E-state index contributed by atoms with van der Waals surface area (Å²) in [6.45, 7) is 0.342. The fourth-order valence-electron chi connectivity index (χ4n) is 2.99. The molecule has 4 rings (SSSR count). The molecular weight excluding hydrogens is 412 g/mol. The Hall–Kier alpha value is -2.87. The highest BCUT2D eigenvalue weighted by molar-refractivity contribution is 9.10. The molecule has 0 radical (unpaired) electrons. The van der Waals surface area contributed by atoms with E-state index in [1.807, 2.05) is 41.1 Å². The molecule has 2 amide bonds. The van der Waals surface area contributed by atoms with Crippen LogP contribution in [0.3, 0.4) is 0 Å². The smallest absolute Gasteiger partial charge is 0.265 e. The number of anilines is 1. The minimum atomic E-state index is -0.236. The molecule has 27 heavy (non-hydrogen) atoms. The highest BCUT2D eigenvalue weighted by atomic mass is 79.9. The summed E-state index contributed by atoms with van der Waals surface area (Å²) in [5, 5.41) is 2.85. The Labute approximate surface area is 164 Å². The lowest BCUT2D eigenvalue weighted by Gasteiger charge is -2.29. The highest BCUT2D eigenvalue weighted by Crippen LogP contribution is 2.34. The quantitative estimate of drug-likeness (QED) is 0.675. The maximum absolute atomic E-state index is 12.3. The maximum Gasteiger partial charge on any atom is 0.265 e. The van der Waals surface area contributed by atoms with Gasteiger partial charge in [0.25, 0.3) is 5.91 Å². The van der Waals surface area contributed by atoms with Crippen molar-refractivity contribution in [1.29, 1.82) is 0 Å². The molecule has 1 aliphatic heterocycles. The lowest BCUT2D eigenvalue weighted by atomic mass is 10.2.